The van der Waals surface area contributed by atoms with Crippen LogP contribution in [-0.4, -0.2) is 53.8 Å². The third-order valence-electron chi connectivity index (χ3n) is 6.24. The number of ether oxygens (including phenoxy) is 3. The highest BCUT2D eigenvalue weighted by atomic mass is 28.3. The van der Waals surface area contributed by atoms with Crippen molar-refractivity contribution in [3.05, 3.63) is 12.7 Å². The van der Waals surface area contributed by atoms with Gasteiger partial charge in [-0.2, -0.15) is 0 Å². The van der Waals surface area contributed by atoms with Crippen LogP contribution in [0, 0.1) is 0 Å². The fraction of sp³-hybridized carbons (Fsp3) is 0.842. The van der Waals surface area contributed by atoms with E-state index in [4.69, 9.17) is 14.2 Å². The van der Waals surface area contributed by atoms with E-state index in [-0.39, 0.29) is 16.4 Å². The van der Waals surface area contributed by atoms with Crippen LogP contribution in [0.4, 0.5) is 0 Å². The molecule has 6 heteroatoms. The Bertz CT molecular complexity index is 441. The van der Waals surface area contributed by atoms with Crippen molar-refractivity contribution in [2.24, 2.45) is 0 Å². The molecule has 0 amide bonds. The molecule has 0 aromatic rings. The molecule has 2 rings (SSSR count). The van der Waals surface area contributed by atoms with Gasteiger partial charge in [-0.1, -0.05) is 32.3 Å². The first-order chi connectivity index (χ1) is 12.0. The Morgan fingerprint density at radius 2 is 1.68 bits per heavy atom. The minimum atomic E-state index is -1.22. The van der Waals surface area contributed by atoms with Crippen molar-refractivity contribution in [1.29, 1.82) is 0 Å². The lowest BCUT2D eigenvalue weighted by Gasteiger charge is -2.58. The van der Waals surface area contributed by atoms with Crippen LogP contribution in [0.15, 0.2) is 12.7 Å². The van der Waals surface area contributed by atoms with Gasteiger partial charge in [0.2, 0.25) is 0 Å². The Morgan fingerprint density at radius 1 is 1.08 bits per heavy atom. The molecule has 0 aliphatic carbocycles. The van der Waals surface area contributed by atoms with Crippen molar-refractivity contribution >= 4 is 23.6 Å². The molecule has 0 radical (unpaired) electrons. The summed E-state index contributed by atoms with van der Waals surface area (Å²) in [5.41, 5.74) is 0. The molecule has 144 valence electrons. The maximum atomic E-state index is 11.2. The third kappa shape index (κ3) is 4.46. The Morgan fingerprint density at radius 3 is 2.16 bits per heavy atom. The molecule has 0 aromatic carbocycles. The predicted octanol–water partition coefficient (Wildman–Crippen LogP) is 3.41. The van der Waals surface area contributed by atoms with Gasteiger partial charge in [-0.25, -0.2) is 4.79 Å². The maximum Gasteiger partial charge on any atom is 0.330 e. The molecule has 25 heavy (non-hydrogen) atoms. The van der Waals surface area contributed by atoms with Crippen LogP contribution in [0.5, 0.6) is 0 Å². The van der Waals surface area contributed by atoms with Gasteiger partial charge in [0.05, 0.1) is 34.6 Å². The highest BCUT2D eigenvalue weighted by Crippen LogP contribution is 2.47. The minimum Gasteiger partial charge on any atom is -0.463 e. The van der Waals surface area contributed by atoms with Crippen LogP contribution in [0.2, 0.25) is 25.7 Å². The van der Waals surface area contributed by atoms with Gasteiger partial charge in [0.15, 0.2) is 0 Å². The van der Waals surface area contributed by atoms with E-state index in [9.17, 15) is 4.79 Å². The van der Waals surface area contributed by atoms with E-state index >= 15 is 0 Å². The van der Waals surface area contributed by atoms with E-state index in [0.717, 1.165) is 32.1 Å². The summed E-state index contributed by atoms with van der Waals surface area (Å²) in [6.45, 7) is 13.1. The zero-order valence-corrected chi connectivity index (χ0v) is 18.7. The number of rotatable bonds is 8. The third-order valence-corrected chi connectivity index (χ3v) is 13.2. The van der Waals surface area contributed by atoms with E-state index in [2.05, 4.69) is 26.2 Å². The summed E-state index contributed by atoms with van der Waals surface area (Å²) in [7, 11) is -2.28. The zero-order valence-electron chi connectivity index (χ0n) is 16.4. The van der Waals surface area contributed by atoms with E-state index in [1.807, 2.05) is 0 Å². The average Bonchev–Trinajstić information content (AvgIpc) is 2.65. The van der Waals surface area contributed by atoms with Crippen molar-refractivity contribution in [1.82, 2.24) is 0 Å². The predicted molar refractivity (Wildman–Crippen MR) is 108 cm³/mol. The molecule has 2 saturated heterocycles. The highest BCUT2D eigenvalue weighted by molar-refractivity contribution is 6.67. The van der Waals surface area contributed by atoms with Gasteiger partial charge in [0, 0.05) is 19.3 Å². The lowest BCUT2D eigenvalue weighted by atomic mass is 9.96. The van der Waals surface area contributed by atoms with Crippen molar-refractivity contribution < 1.29 is 19.0 Å². The van der Waals surface area contributed by atoms with Gasteiger partial charge in [-0.05, 0) is 44.9 Å². The van der Waals surface area contributed by atoms with Crippen LogP contribution in [-0.2, 0) is 19.0 Å². The molecule has 2 aliphatic heterocycles. The first-order valence-electron chi connectivity index (χ1n) is 10.1. The van der Waals surface area contributed by atoms with Crippen LogP contribution in [0.1, 0.15) is 44.9 Å². The second kappa shape index (κ2) is 9.49. The highest BCUT2D eigenvalue weighted by Gasteiger charge is 2.58. The van der Waals surface area contributed by atoms with Gasteiger partial charge in [-0.15, -0.1) is 0 Å². The van der Waals surface area contributed by atoms with E-state index in [1.165, 1.54) is 38.2 Å². The summed E-state index contributed by atoms with van der Waals surface area (Å²) >= 11 is 0. The Kier molecular flexibility index (Phi) is 7.92. The summed E-state index contributed by atoms with van der Waals surface area (Å²) in [5.74, 6) is -0.320. The standard InChI is InChI=1S/C19H36O4Si2/c1-5-17(20)21-13-10-16-25(4)19(12-7-9-15-23-19)18(24(2)3)11-6-8-14-22-18/h5,24-25H,1,6-16H2,2-4H3. The monoisotopic (exact) mass is 384 g/mol. The Labute approximate surface area is 156 Å². The molecule has 0 bridgehead atoms. The van der Waals surface area contributed by atoms with E-state index in [0.29, 0.717) is 6.61 Å². The zero-order chi connectivity index (χ0) is 18.3. The summed E-state index contributed by atoms with van der Waals surface area (Å²) < 4.78 is 18.5. The van der Waals surface area contributed by atoms with Crippen molar-refractivity contribution in [2.75, 3.05) is 19.8 Å². The summed E-state index contributed by atoms with van der Waals surface area (Å²) in [6, 6.07) is 1.14. The topological polar surface area (TPSA) is 44.8 Å². The van der Waals surface area contributed by atoms with Crippen LogP contribution >= 0.6 is 0 Å². The molecule has 4 nitrogen and oxygen atoms in total. The number of hydrogen-bond donors (Lipinski definition) is 0. The molecule has 2 heterocycles. The van der Waals surface area contributed by atoms with Crippen LogP contribution in [0.3, 0.4) is 0 Å². The number of carbonyl (C=O) groups is 1. The minimum absolute atomic E-state index is 0.00903. The second-order valence-corrected chi connectivity index (χ2v) is 14.5. The number of hydrogen-bond acceptors (Lipinski definition) is 4. The van der Waals surface area contributed by atoms with Crippen molar-refractivity contribution in [3.63, 3.8) is 0 Å². The van der Waals surface area contributed by atoms with Gasteiger partial charge in [0.25, 0.3) is 0 Å². The Balaban J connectivity index is 2.12. The second-order valence-electron chi connectivity index (χ2n) is 7.96. The fourth-order valence-electron chi connectivity index (χ4n) is 4.90. The first-order valence-corrected chi connectivity index (χ1v) is 15.5. The normalized spacial score (nSPS) is 31.5. The van der Waals surface area contributed by atoms with Crippen LogP contribution < -0.4 is 0 Å². The molecule has 0 spiro atoms. The lowest BCUT2D eigenvalue weighted by molar-refractivity contribution is -0.164. The number of esters is 1. The first kappa shape index (κ1) is 20.9. The molecule has 3 unspecified atom stereocenters. The van der Waals surface area contributed by atoms with E-state index < -0.39 is 17.6 Å². The van der Waals surface area contributed by atoms with Gasteiger partial charge in [-0.3, -0.25) is 0 Å². The summed E-state index contributed by atoms with van der Waals surface area (Å²) in [6.07, 6.45) is 9.40. The SMILES string of the molecule is C=CC(=O)OCCC[SiH](C)C1(C2([SiH](C)C)CCCCO2)CCCCO1. The smallest absolute Gasteiger partial charge is 0.330 e. The van der Waals surface area contributed by atoms with Crippen molar-refractivity contribution in [3.8, 4) is 0 Å². The van der Waals surface area contributed by atoms with Gasteiger partial charge >= 0.3 is 5.97 Å². The van der Waals surface area contributed by atoms with Gasteiger partial charge < -0.3 is 14.2 Å². The largest absolute Gasteiger partial charge is 0.463 e. The van der Waals surface area contributed by atoms with E-state index in [1.54, 1.807) is 0 Å². The maximum absolute atomic E-state index is 11.2. The quantitative estimate of drug-likeness (QED) is 0.278. The van der Waals surface area contributed by atoms with Crippen LogP contribution in [0.25, 0.3) is 0 Å². The number of carbonyl (C=O) groups excluding carboxylic acids is 1. The average molecular weight is 385 g/mol. The molecule has 0 N–H and O–H groups in total. The molecular weight excluding hydrogens is 348 g/mol. The van der Waals surface area contributed by atoms with Crippen molar-refractivity contribution in [2.45, 2.75) is 81.1 Å². The molecule has 3 atom stereocenters. The molecular formula is C19H36O4Si2. The van der Waals surface area contributed by atoms with Gasteiger partial charge in [0.1, 0.15) is 0 Å². The molecule has 0 saturated carbocycles. The lowest BCUT2D eigenvalue weighted by Crippen LogP contribution is -2.71. The summed E-state index contributed by atoms with van der Waals surface area (Å²) in [4.78, 5) is 11.2. The Hall–Kier alpha value is -0.436. The molecule has 2 aliphatic rings. The molecule has 0 aromatic heterocycles. The summed E-state index contributed by atoms with van der Waals surface area (Å²) in [5, 5.41) is -0.0103. The molecule has 2 fully saturated rings. The fourth-order valence-corrected chi connectivity index (χ4v) is 12.6.